The number of anilines is 1. The van der Waals surface area contributed by atoms with Crippen LogP contribution in [-0.4, -0.2) is 11.6 Å². The maximum absolute atomic E-state index is 11.5. The van der Waals surface area contributed by atoms with Crippen LogP contribution < -0.4 is 5.01 Å². The molecule has 1 aromatic rings. The van der Waals surface area contributed by atoms with E-state index in [1.165, 1.54) is 5.01 Å². The van der Waals surface area contributed by atoms with E-state index in [-0.39, 0.29) is 5.91 Å². The topological polar surface area (TPSA) is 32.7 Å². The molecule has 3 nitrogen and oxygen atoms in total. The van der Waals surface area contributed by atoms with E-state index in [1.54, 1.807) is 0 Å². The standard InChI is InChI=1S/C10H9BrN2O/c1-7-6-10(14)13(12-7)9-5-3-2-4-8(9)11/h2-5H,6H2,1H3. The molecule has 14 heavy (non-hydrogen) atoms. The normalized spacial score (nSPS) is 16.0. The van der Waals surface area contributed by atoms with E-state index in [9.17, 15) is 4.79 Å². The summed E-state index contributed by atoms with van der Waals surface area (Å²) in [5, 5.41) is 5.61. The number of amides is 1. The third-order valence-corrected chi connectivity index (χ3v) is 2.67. The molecule has 1 amide bonds. The van der Waals surface area contributed by atoms with Crippen LogP contribution in [0, 0.1) is 0 Å². The van der Waals surface area contributed by atoms with Gasteiger partial charge in [-0.15, -0.1) is 0 Å². The van der Waals surface area contributed by atoms with Gasteiger partial charge in [-0.3, -0.25) is 4.79 Å². The molecule has 0 fully saturated rings. The van der Waals surface area contributed by atoms with Gasteiger partial charge in [0.15, 0.2) is 0 Å². The molecule has 0 N–H and O–H groups in total. The van der Waals surface area contributed by atoms with E-state index < -0.39 is 0 Å². The Bertz CT molecular complexity index is 414. The monoisotopic (exact) mass is 252 g/mol. The molecule has 0 spiro atoms. The minimum atomic E-state index is 0.0226. The number of carbonyl (C=O) groups is 1. The lowest BCUT2D eigenvalue weighted by Gasteiger charge is -2.12. The van der Waals surface area contributed by atoms with Crippen molar-refractivity contribution in [1.82, 2.24) is 0 Å². The number of hydrogen-bond donors (Lipinski definition) is 0. The summed E-state index contributed by atoms with van der Waals surface area (Å²) in [5.41, 5.74) is 1.65. The van der Waals surface area contributed by atoms with E-state index in [0.717, 1.165) is 15.9 Å². The van der Waals surface area contributed by atoms with E-state index in [2.05, 4.69) is 21.0 Å². The van der Waals surface area contributed by atoms with Crippen molar-refractivity contribution < 1.29 is 4.79 Å². The zero-order valence-electron chi connectivity index (χ0n) is 7.70. The second-order valence-corrected chi connectivity index (χ2v) is 4.02. The van der Waals surface area contributed by atoms with E-state index >= 15 is 0 Å². The van der Waals surface area contributed by atoms with Gasteiger partial charge in [0.05, 0.1) is 12.1 Å². The summed E-state index contributed by atoms with van der Waals surface area (Å²) in [6, 6.07) is 7.55. The minimum absolute atomic E-state index is 0.0226. The molecule has 0 aliphatic carbocycles. The largest absolute Gasteiger partial charge is 0.272 e. The summed E-state index contributed by atoms with van der Waals surface area (Å²) in [5.74, 6) is 0.0226. The highest BCUT2D eigenvalue weighted by atomic mass is 79.9. The highest BCUT2D eigenvalue weighted by molar-refractivity contribution is 9.10. The van der Waals surface area contributed by atoms with Gasteiger partial charge in [0.2, 0.25) is 0 Å². The lowest BCUT2D eigenvalue weighted by Crippen LogP contribution is -2.19. The molecule has 1 heterocycles. The average molecular weight is 253 g/mol. The first-order valence-electron chi connectivity index (χ1n) is 4.30. The number of hydrogen-bond acceptors (Lipinski definition) is 2. The molecule has 4 heteroatoms. The van der Waals surface area contributed by atoms with Crippen molar-refractivity contribution >= 4 is 33.2 Å². The molecule has 0 radical (unpaired) electrons. The average Bonchev–Trinajstić information content (AvgIpc) is 2.46. The fourth-order valence-corrected chi connectivity index (χ4v) is 1.82. The lowest BCUT2D eigenvalue weighted by molar-refractivity contribution is -0.116. The molecule has 0 aromatic heterocycles. The fourth-order valence-electron chi connectivity index (χ4n) is 1.37. The van der Waals surface area contributed by atoms with Crippen molar-refractivity contribution in [3.63, 3.8) is 0 Å². The van der Waals surface area contributed by atoms with E-state index in [1.807, 2.05) is 31.2 Å². The maximum Gasteiger partial charge on any atom is 0.253 e. The van der Waals surface area contributed by atoms with E-state index in [4.69, 9.17) is 0 Å². The van der Waals surface area contributed by atoms with Crippen molar-refractivity contribution in [2.24, 2.45) is 5.10 Å². The second kappa shape index (κ2) is 3.53. The Hall–Kier alpha value is -1.16. The number of para-hydroxylation sites is 1. The third-order valence-electron chi connectivity index (χ3n) is 1.99. The Labute approximate surface area is 90.5 Å². The molecule has 2 rings (SSSR count). The first-order valence-corrected chi connectivity index (χ1v) is 5.09. The summed E-state index contributed by atoms with van der Waals surface area (Å²) in [7, 11) is 0. The van der Waals surface area contributed by atoms with Crippen molar-refractivity contribution in [1.29, 1.82) is 0 Å². The highest BCUT2D eigenvalue weighted by Crippen LogP contribution is 2.28. The lowest BCUT2D eigenvalue weighted by atomic mass is 10.3. The fraction of sp³-hybridized carbons (Fsp3) is 0.200. The SMILES string of the molecule is CC1=NN(c2ccccc2Br)C(=O)C1. The zero-order valence-corrected chi connectivity index (χ0v) is 9.28. The predicted octanol–water partition coefficient (Wildman–Crippen LogP) is 2.56. The summed E-state index contributed by atoms with van der Waals surface area (Å²) >= 11 is 3.39. The molecule has 0 saturated carbocycles. The molecule has 0 atom stereocenters. The van der Waals surface area contributed by atoms with Crippen LogP contribution in [0.15, 0.2) is 33.8 Å². The molecule has 1 aliphatic heterocycles. The molecule has 0 unspecified atom stereocenters. The van der Waals surface area contributed by atoms with Gasteiger partial charge in [0.25, 0.3) is 5.91 Å². The van der Waals surface area contributed by atoms with Gasteiger partial charge >= 0.3 is 0 Å². The van der Waals surface area contributed by atoms with Crippen LogP contribution in [0.2, 0.25) is 0 Å². The van der Waals surface area contributed by atoms with Crippen molar-refractivity contribution in [3.05, 3.63) is 28.7 Å². The molecule has 0 bridgehead atoms. The maximum atomic E-state index is 11.5. The van der Waals surface area contributed by atoms with Crippen molar-refractivity contribution in [2.45, 2.75) is 13.3 Å². The quantitative estimate of drug-likeness (QED) is 0.757. The second-order valence-electron chi connectivity index (χ2n) is 3.17. The molecular formula is C10H9BrN2O. The van der Waals surface area contributed by atoms with Gasteiger partial charge in [0.1, 0.15) is 0 Å². The first kappa shape index (κ1) is 9.40. The first-order chi connectivity index (χ1) is 6.68. The Morgan fingerprint density at radius 1 is 1.43 bits per heavy atom. The Morgan fingerprint density at radius 3 is 2.71 bits per heavy atom. The zero-order chi connectivity index (χ0) is 10.1. The van der Waals surface area contributed by atoms with Gasteiger partial charge in [-0.1, -0.05) is 12.1 Å². The van der Waals surface area contributed by atoms with Crippen LogP contribution in [0.25, 0.3) is 0 Å². The van der Waals surface area contributed by atoms with Crippen LogP contribution in [0.4, 0.5) is 5.69 Å². The number of nitrogens with zero attached hydrogens (tertiary/aromatic N) is 2. The van der Waals surface area contributed by atoms with Crippen LogP contribution in [0.5, 0.6) is 0 Å². The molecule has 0 saturated heterocycles. The Balaban J connectivity index is 2.41. The molecular weight excluding hydrogens is 244 g/mol. The Kier molecular flexibility index (Phi) is 2.37. The van der Waals surface area contributed by atoms with Crippen LogP contribution in [0.1, 0.15) is 13.3 Å². The number of benzene rings is 1. The van der Waals surface area contributed by atoms with Gasteiger partial charge < -0.3 is 0 Å². The van der Waals surface area contributed by atoms with Crippen LogP contribution in [-0.2, 0) is 4.79 Å². The third kappa shape index (κ3) is 1.57. The summed E-state index contributed by atoms with van der Waals surface area (Å²) in [4.78, 5) is 11.5. The molecule has 1 aliphatic rings. The van der Waals surface area contributed by atoms with Crippen molar-refractivity contribution in [3.8, 4) is 0 Å². The van der Waals surface area contributed by atoms with E-state index in [0.29, 0.717) is 6.42 Å². The van der Waals surface area contributed by atoms with Gasteiger partial charge in [-0.05, 0) is 35.0 Å². The summed E-state index contributed by atoms with van der Waals surface area (Å²) in [6.07, 6.45) is 0.418. The summed E-state index contributed by atoms with van der Waals surface area (Å²) in [6.45, 7) is 1.86. The Morgan fingerprint density at radius 2 is 2.14 bits per heavy atom. The van der Waals surface area contributed by atoms with Crippen LogP contribution >= 0.6 is 15.9 Å². The number of carbonyl (C=O) groups excluding carboxylic acids is 1. The highest BCUT2D eigenvalue weighted by Gasteiger charge is 2.23. The van der Waals surface area contributed by atoms with Gasteiger partial charge in [-0.25, -0.2) is 0 Å². The van der Waals surface area contributed by atoms with Gasteiger partial charge in [-0.2, -0.15) is 10.1 Å². The van der Waals surface area contributed by atoms with Gasteiger partial charge in [0, 0.05) is 10.2 Å². The number of halogens is 1. The molecule has 72 valence electrons. The summed E-state index contributed by atoms with van der Waals surface area (Å²) < 4.78 is 0.881. The smallest absolute Gasteiger partial charge is 0.253 e. The van der Waals surface area contributed by atoms with Crippen LogP contribution in [0.3, 0.4) is 0 Å². The minimum Gasteiger partial charge on any atom is -0.272 e. The number of rotatable bonds is 1. The predicted molar refractivity (Wildman–Crippen MR) is 59.4 cm³/mol. The molecule has 1 aromatic carbocycles. The van der Waals surface area contributed by atoms with Crippen molar-refractivity contribution in [2.75, 3.05) is 5.01 Å². The number of hydrazone groups is 1.